The number of nitrogens with zero attached hydrogens (tertiary/aromatic N) is 1. The molecule has 2 aromatic rings. The summed E-state index contributed by atoms with van der Waals surface area (Å²) in [6.45, 7) is 5.16. The second kappa shape index (κ2) is 6.09. The van der Waals surface area contributed by atoms with E-state index in [1.54, 1.807) is 22.7 Å². The number of hydrogen-bond acceptors (Lipinski definition) is 4. The van der Waals surface area contributed by atoms with Crippen LogP contribution >= 0.6 is 38.6 Å². The van der Waals surface area contributed by atoms with Gasteiger partial charge in [-0.3, -0.25) is 0 Å². The van der Waals surface area contributed by atoms with Gasteiger partial charge in [-0.15, -0.1) is 22.7 Å². The molecule has 0 fully saturated rings. The Hall–Kier alpha value is -0.230. The number of aromatic nitrogens is 1. The monoisotopic (exact) mass is 330 g/mol. The first-order valence-corrected chi connectivity index (χ1v) is 8.12. The number of likely N-dealkylation sites (N-methyl/N-ethyl adjacent to an activating group) is 1. The molecule has 1 atom stereocenters. The first kappa shape index (κ1) is 13.2. The largest absolute Gasteiger partial charge is 0.309 e. The fourth-order valence-electron chi connectivity index (χ4n) is 1.70. The number of aryl methyl sites for hydroxylation is 1. The Bertz CT molecular complexity index is 478. The Labute approximate surface area is 118 Å². The van der Waals surface area contributed by atoms with Gasteiger partial charge in [-0.2, -0.15) is 0 Å². The number of thiazole rings is 1. The molecule has 0 spiro atoms. The lowest BCUT2D eigenvalue weighted by Gasteiger charge is -2.14. The van der Waals surface area contributed by atoms with Crippen LogP contribution in [0.5, 0.6) is 0 Å². The SMILES string of the molecule is CCNC(Cc1nc(C)cs1)c1cc(Br)cs1. The van der Waals surface area contributed by atoms with Gasteiger partial charge in [0.15, 0.2) is 0 Å². The van der Waals surface area contributed by atoms with Crippen LogP contribution in [-0.4, -0.2) is 11.5 Å². The Balaban J connectivity index is 2.12. The van der Waals surface area contributed by atoms with Crippen LogP contribution in [0.15, 0.2) is 21.3 Å². The number of rotatable bonds is 5. The van der Waals surface area contributed by atoms with Crippen LogP contribution in [0.3, 0.4) is 0 Å². The molecule has 0 aliphatic heterocycles. The Morgan fingerprint density at radius 1 is 1.41 bits per heavy atom. The molecule has 1 N–H and O–H groups in total. The summed E-state index contributed by atoms with van der Waals surface area (Å²) < 4.78 is 1.16. The van der Waals surface area contributed by atoms with Crippen LogP contribution in [0.25, 0.3) is 0 Å². The molecule has 2 rings (SSSR count). The summed E-state index contributed by atoms with van der Waals surface area (Å²) in [6.07, 6.45) is 0.972. The van der Waals surface area contributed by atoms with Crippen LogP contribution in [-0.2, 0) is 6.42 Å². The molecule has 1 unspecified atom stereocenters. The van der Waals surface area contributed by atoms with E-state index in [1.165, 1.54) is 9.88 Å². The van der Waals surface area contributed by atoms with Crippen molar-refractivity contribution in [2.45, 2.75) is 26.3 Å². The predicted molar refractivity (Wildman–Crippen MR) is 79.0 cm³/mol. The highest BCUT2D eigenvalue weighted by atomic mass is 79.9. The minimum atomic E-state index is 0.377. The van der Waals surface area contributed by atoms with Crippen LogP contribution in [0.4, 0.5) is 0 Å². The lowest BCUT2D eigenvalue weighted by atomic mass is 10.2. The normalized spacial score (nSPS) is 12.9. The highest BCUT2D eigenvalue weighted by Crippen LogP contribution is 2.28. The zero-order chi connectivity index (χ0) is 12.3. The molecule has 5 heteroatoms. The van der Waals surface area contributed by atoms with Gasteiger partial charge in [0.2, 0.25) is 0 Å². The molecule has 0 saturated heterocycles. The van der Waals surface area contributed by atoms with Crippen molar-refractivity contribution in [3.63, 3.8) is 0 Å². The van der Waals surface area contributed by atoms with Gasteiger partial charge in [-0.25, -0.2) is 4.98 Å². The first-order chi connectivity index (χ1) is 8.19. The average Bonchev–Trinajstić information content (AvgIpc) is 2.87. The van der Waals surface area contributed by atoms with Crippen LogP contribution in [0.1, 0.15) is 28.5 Å². The Kier molecular flexibility index (Phi) is 4.73. The Morgan fingerprint density at radius 2 is 2.24 bits per heavy atom. The summed E-state index contributed by atoms with van der Waals surface area (Å²) in [7, 11) is 0. The van der Waals surface area contributed by atoms with E-state index < -0.39 is 0 Å². The van der Waals surface area contributed by atoms with Gasteiger partial charge in [-0.05, 0) is 35.5 Å². The molecule has 0 bridgehead atoms. The van der Waals surface area contributed by atoms with Crippen molar-refractivity contribution in [1.29, 1.82) is 0 Å². The predicted octanol–water partition coefficient (Wildman–Crippen LogP) is 4.17. The molecule has 0 amide bonds. The van der Waals surface area contributed by atoms with Crippen molar-refractivity contribution in [3.05, 3.63) is 36.9 Å². The quantitative estimate of drug-likeness (QED) is 0.889. The fraction of sp³-hybridized carbons (Fsp3) is 0.417. The minimum absolute atomic E-state index is 0.377. The van der Waals surface area contributed by atoms with E-state index in [0.717, 1.165) is 23.1 Å². The summed E-state index contributed by atoms with van der Waals surface area (Å²) in [4.78, 5) is 5.90. The number of hydrogen-bond donors (Lipinski definition) is 1. The van der Waals surface area contributed by atoms with Crippen molar-refractivity contribution in [2.24, 2.45) is 0 Å². The number of nitrogens with one attached hydrogen (secondary N) is 1. The van der Waals surface area contributed by atoms with Gasteiger partial charge in [0.05, 0.1) is 5.01 Å². The molecule has 0 aliphatic carbocycles. The standard InChI is InChI=1S/C12H15BrN2S2/c1-3-14-10(11-4-9(13)7-16-11)5-12-15-8(2)6-17-12/h4,6-7,10,14H,3,5H2,1-2H3. The van der Waals surface area contributed by atoms with Crippen molar-refractivity contribution < 1.29 is 0 Å². The maximum Gasteiger partial charge on any atom is 0.0947 e. The maximum atomic E-state index is 4.54. The zero-order valence-electron chi connectivity index (χ0n) is 9.87. The Morgan fingerprint density at radius 3 is 2.76 bits per heavy atom. The highest BCUT2D eigenvalue weighted by molar-refractivity contribution is 9.10. The molecule has 0 saturated carbocycles. The molecule has 17 heavy (non-hydrogen) atoms. The lowest BCUT2D eigenvalue weighted by molar-refractivity contribution is 0.556. The van der Waals surface area contributed by atoms with Gasteiger partial charge < -0.3 is 5.32 Å². The van der Waals surface area contributed by atoms with Gasteiger partial charge in [-0.1, -0.05) is 6.92 Å². The molecule has 0 aromatic carbocycles. The van der Waals surface area contributed by atoms with Gasteiger partial charge in [0, 0.05) is 38.3 Å². The van der Waals surface area contributed by atoms with Crippen LogP contribution in [0.2, 0.25) is 0 Å². The van der Waals surface area contributed by atoms with Crippen LogP contribution < -0.4 is 5.32 Å². The number of halogens is 1. The molecular weight excluding hydrogens is 316 g/mol. The van der Waals surface area contributed by atoms with Crippen molar-refractivity contribution in [3.8, 4) is 0 Å². The third-order valence-corrected chi connectivity index (χ3v) is 5.22. The minimum Gasteiger partial charge on any atom is -0.309 e. The highest BCUT2D eigenvalue weighted by Gasteiger charge is 2.15. The summed E-state index contributed by atoms with van der Waals surface area (Å²) in [5.41, 5.74) is 1.12. The van der Waals surface area contributed by atoms with E-state index in [-0.39, 0.29) is 0 Å². The molecule has 92 valence electrons. The van der Waals surface area contributed by atoms with Crippen molar-refractivity contribution in [2.75, 3.05) is 6.54 Å². The molecular formula is C12H15BrN2S2. The average molecular weight is 331 g/mol. The maximum absolute atomic E-state index is 4.54. The van der Waals surface area contributed by atoms with Crippen molar-refractivity contribution in [1.82, 2.24) is 10.3 Å². The smallest absolute Gasteiger partial charge is 0.0947 e. The molecule has 2 heterocycles. The number of thiophene rings is 1. The van der Waals surface area contributed by atoms with Crippen molar-refractivity contribution >= 4 is 38.6 Å². The van der Waals surface area contributed by atoms with E-state index in [9.17, 15) is 0 Å². The summed E-state index contributed by atoms with van der Waals surface area (Å²) in [5, 5.41) is 8.98. The zero-order valence-corrected chi connectivity index (χ0v) is 13.1. The molecule has 0 radical (unpaired) electrons. The lowest BCUT2D eigenvalue weighted by Crippen LogP contribution is -2.22. The summed E-state index contributed by atoms with van der Waals surface area (Å²) in [5.74, 6) is 0. The van der Waals surface area contributed by atoms with Gasteiger partial charge in [0.25, 0.3) is 0 Å². The van der Waals surface area contributed by atoms with Gasteiger partial charge in [0.1, 0.15) is 0 Å². The van der Waals surface area contributed by atoms with E-state index in [1.807, 2.05) is 6.92 Å². The molecule has 2 aromatic heterocycles. The summed E-state index contributed by atoms with van der Waals surface area (Å²) in [6, 6.07) is 2.57. The van der Waals surface area contributed by atoms with E-state index in [0.29, 0.717) is 6.04 Å². The summed E-state index contributed by atoms with van der Waals surface area (Å²) >= 11 is 7.05. The van der Waals surface area contributed by atoms with E-state index >= 15 is 0 Å². The third-order valence-electron chi connectivity index (χ3n) is 2.43. The van der Waals surface area contributed by atoms with E-state index in [2.05, 4.69) is 50.0 Å². The van der Waals surface area contributed by atoms with E-state index in [4.69, 9.17) is 0 Å². The topological polar surface area (TPSA) is 24.9 Å². The fourth-order valence-corrected chi connectivity index (χ4v) is 4.04. The second-order valence-corrected chi connectivity index (χ2v) is 6.67. The molecule has 2 nitrogen and oxygen atoms in total. The first-order valence-electron chi connectivity index (χ1n) is 5.57. The van der Waals surface area contributed by atoms with Crippen LogP contribution in [0, 0.1) is 6.92 Å². The molecule has 0 aliphatic rings. The second-order valence-electron chi connectivity index (χ2n) is 3.86. The third kappa shape index (κ3) is 3.61. The van der Waals surface area contributed by atoms with Gasteiger partial charge >= 0.3 is 0 Å².